The fraction of sp³-hybridized carbons (Fsp3) is 0.412. The highest BCUT2D eigenvalue weighted by atomic mass is 16.5. The van der Waals surface area contributed by atoms with Crippen LogP contribution in [0.3, 0.4) is 0 Å². The summed E-state index contributed by atoms with van der Waals surface area (Å²) in [6, 6.07) is 3.13. The van der Waals surface area contributed by atoms with Crippen LogP contribution in [-0.4, -0.2) is 47.4 Å². The molecule has 0 unspecified atom stereocenters. The van der Waals surface area contributed by atoms with E-state index in [2.05, 4.69) is 16.9 Å². The van der Waals surface area contributed by atoms with Crippen molar-refractivity contribution in [3.63, 3.8) is 0 Å². The molecule has 2 heterocycles. The normalized spacial score (nSPS) is 14.8. The minimum absolute atomic E-state index is 0.104. The van der Waals surface area contributed by atoms with Crippen LogP contribution in [0.5, 0.6) is 0 Å². The van der Waals surface area contributed by atoms with Gasteiger partial charge in [-0.15, -0.1) is 0 Å². The number of hydrogen-bond donors (Lipinski definition) is 1. The topological polar surface area (TPSA) is 88.6 Å². The quantitative estimate of drug-likeness (QED) is 0.654. The summed E-state index contributed by atoms with van der Waals surface area (Å²) < 4.78 is 4.85. The second kappa shape index (κ2) is 8.24. The lowest BCUT2D eigenvalue weighted by Crippen LogP contribution is -2.40. The Morgan fingerprint density at radius 3 is 2.62 bits per heavy atom. The number of amides is 2. The Morgan fingerprint density at radius 2 is 2.08 bits per heavy atom. The van der Waals surface area contributed by atoms with Crippen molar-refractivity contribution in [2.24, 2.45) is 5.92 Å². The lowest BCUT2D eigenvalue weighted by atomic mass is 9.96. The predicted octanol–water partition coefficient (Wildman–Crippen LogP) is 1.62. The molecule has 0 aromatic carbocycles. The second-order valence-electron chi connectivity index (χ2n) is 5.45. The fourth-order valence-corrected chi connectivity index (χ4v) is 2.53. The first kappa shape index (κ1) is 17.7. The van der Waals surface area contributed by atoms with Crippen LogP contribution >= 0.6 is 0 Å². The number of pyridine rings is 1. The van der Waals surface area contributed by atoms with Crippen molar-refractivity contribution in [2.45, 2.75) is 19.8 Å². The number of carbonyl (C=O) groups excluding carboxylic acids is 3. The Morgan fingerprint density at radius 1 is 1.38 bits per heavy atom. The molecule has 24 heavy (non-hydrogen) atoms. The van der Waals surface area contributed by atoms with Crippen molar-refractivity contribution in [3.8, 4) is 0 Å². The third-order valence-electron chi connectivity index (χ3n) is 3.87. The van der Waals surface area contributed by atoms with Crippen LogP contribution in [0, 0.1) is 5.92 Å². The monoisotopic (exact) mass is 331 g/mol. The van der Waals surface area contributed by atoms with Crippen LogP contribution in [0.25, 0.3) is 0 Å². The molecule has 128 valence electrons. The SMILES string of the molecule is C=CC(=O)N1CCC(C(=O)Nc2ccc(C(=O)OCC)nc2)CC1. The molecule has 0 spiro atoms. The third-order valence-corrected chi connectivity index (χ3v) is 3.87. The first-order chi connectivity index (χ1) is 11.5. The number of rotatable bonds is 5. The predicted molar refractivity (Wildman–Crippen MR) is 88.3 cm³/mol. The Kier molecular flexibility index (Phi) is 6.06. The van der Waals surface area contributed by atoms with E-state index in [1.807, 2.05) is 0 Å². The van der Waals surface area contributed by atoms with E-state index < -0.39 is 5.97 Å². The molecule has 7 heteroatoms. The summed E-state index contributed by atoms with van der Waals surface area (Å²) in [5.41, 5.74) is 0.726. The summed E-state index contributed by atoms with van der Waals surface area (Å²) in [4.78, 5) is 41.0. The third kappa shape index (κ3) is 4.41. The van der Waals surface area contributed by atoms with E-state index in [0.717, 1.165) is 0 Å². The molecule has 1 aliphatic rings. The zero-order valence-corrected chi connectivity index (χ0v) is 13.7. The first-order valence-corrected chi connectivity index (χ1v) is 7.90. The zero-order chi connectivity index (χ0) is 17.5. The molecule has 1 fully saturated rings. The van der Waals surface area contributed by atoms with Gasteiger partial charge in [0, 0.05) is 19.0 Å². The molecular formula is C17H21N3O4. The highest BCUT2D eigenvalue weighted by Gasteiger charge is 2.26. The minimum Gasteiger partial charge on any atom is -0.461 e. The van der Waals surface area contributed by atoms with E-state index in [9.17, 15) is 14.4 Å². The molecule has 0 aliphatic carbocycles. The van der Waals surface area contributed by atoms with Gasteiger partial charge in [0.15, 0.2) is 0 Å². The van der Waals surface area contributed by atoms with E-state index in [1.54, 1.807) is 17.9 Å². The lowest BCUT2D eigenvalue weighted by Gasteiger charge is -2.30. The number of hydrogen-bond acceptors (Lipinski definition) is 5. The zero-order valence-electron chi connectivity index (χ0n) is 13.7. The Hall–Kier alpha value is -2.70. The summed E-state index contributed by atoms with van der Waals surface area (Å²) in [6.07, 6.45) is 3.94. The summed E-state index contributed by atoms with van der Waals surface area (Å²) >= 11 is 0. The van der Waals surface area contributed by atoms with Gasteiger partial charge in [-0.1, -0.05) is 6.58 Å². The van der Waals surface area contributed by atoms with E-state index in [-0.39, 0.29) is 30.0 Å². The van der Waals surface area contributed by atoms with Gasteiger partial charge >= 0.3 is 5.97 Å². The lowest BCUT2D eigenvalue weighted by molar-refractivity contribution is -0.130. The molecule has 0 saturated carbocycles. The Labute approximate surface area is 140 Å². The van der Waals surface area contributed by atoms with Crippen molar-refractivity contribution in [1.82, 2.24) is 9.88 Å². The largest absolute Gasteiger partial charge is 0.461 e. The van der Waals surface area contributed by atoms with Gasteiger partial charge in [0.2, 0.25) is 11.8 Å². The van der Waals surface area contributed by atoms with Crippen LogP contribution in [-0.2, 0) is 14.3 Å². The average molecular weight is 331 g/mol. The maximum atomic E-state index is 12.3. The molecule has 0 atom stereocenters. The molecular weight excluding hydrogens is 310 g/mol. The minimum atomic E-state index is -0.491. The Balaban J connectivity index is 1.88. The van der Waals surface area contributed by atoms with Gasteiger partial charge in [-0.25, -0.2) is 9.78 Å². The number of ether oxygens (including phenoxy) is 1. The number of anilines is 1. The summed E-state index contributed by atoms with van der Waals surface area (Å²) in [7, 11) is 0. The van der Waals surface area contributed by atoms with Gasteiger partial charge in [0.25, 0.3) is 0 Å². The van der Waals surface area contributed by atoms with Gasteiger partial charge in [0.05, 0.1) is 18.5 Å². The smallest absolute Gasteiger partial charge is 0.356 e. The number of piperidine rings is 1. The molecule has 0 bridgehead atoms. The van der Waals surface area contributed by atoms with Crippen molar-refractivity contribution < 1.29 is 19.1 Å². The van der Waals surface area contributed by atoms with E-state index >= 15 is 0 Å². The van der Waals surface area contributed by atoms with Gasteiger partial charge in [0.1, 0.15) is 5.69 Å². The van der Waals surface area contributed by atoms with Gasteiger partial charge in [-0.05, 0) is 38.0 Å². The molecule has 1 aromatic rings. The number of nitrogens with one attached hydrogen (secondary N) is 1. The number of nitrogens with zero attached hydrogens (tertiary/aromatic N) is 2. The molecule has 1 N–H and O–H groups in total. The van der Waals surface area contributed by atoms with Gasteiger partial charge in [-0.2, -0.15) is 0 Å². The summed E-state index contributed by atoms with van der Waals surface area (Å²) in [5, 5.41) is 2.79. The van der Waals surface area contributed by atoms with Crippen molar-refractivity contribution in [3.05, 3.63) is 36.7 Å². The van der Waals surface area contributed by atoms with Crippen molar-refractivity contribution >= 4 is 23.5 Å². The highest BCUT2D eigenvalue weighted by Crippen LogP contribution is 2.19. The maximum absolute atomic E-state index is 12.3. The molecule has 7 nitrogen and oxygen atoms in total. The first-order valence-electron chi connectivity index (χ1n) is 7.90. The van der Waals surface area contributed by atoms with E-state index in [4.69, 9.17) is 4.74 Å². The number of likely N-dealkylation sites (tertiary alicyclic amines) is 1. The van der Waals surface area contributed by atoms with E-state index in [1.165, 1.54) is 18.3 Å². The molecule has 2 rings (SSSR count). The van der Waals surface area contributed by atoms with Crippen LogP contribution in [0.1, 0.15) is 30.3 Å². The average Bonchev–Trinajstić information content (AvgIpc) is 2.62. The highest BCUT2D eigenvalue weighted by molar-refractivity contribution is 5.93. The number of esters is 1. The molecule has 1 aliphatic heterocycles. The molecule has 0 radical (unpaired) electrons. The summed E-state index contributed by atoms with van der Waals surface area (Å²) in [6.45, 7) is 6.56. The number of aromatic nitrogens is 1. The van der Waals surface area contributed by atoms with Crippen LogP contribution < -0.4 is 5.32 Å². The molecule has 2 amide bonds. The second-order valence-corrected chi connectivity index (χ2v) is 5.45. The molecule has 1 saturated heterocycles. The van der Waals surface area contributed by atoms with Crippen molar-refractivity contribution in [2.75, 3.05) is 25.0 Å². The standard InChI is InChI=1S/C17H21N3O4/c1-3-15(21)20-9-7-12(8-10-20)16(22)19-13-5-6-14(18-11-13)17(23)24-4-2/h3,5-6,11-12H,1,4,7-10H2,2H3,(H,19,22). The summed E-state index contributed by atoms with van der Waals surface area (Å²) in [5.74, 6) is -0.850. The fourth-order valence-electron chi connectivity index (χ4n) is 2.53. The van der Waals surface area contributed by atoms with Gasteiger partial charge < -0.3 is 15.0 Å². The Bertz CT molecular complexity index is 619. The van der Waals surface area contributed by atoms with E-state index in [0.29, 0.717) is 31.6 Å². The molecule has 1 aromatic heterocycles. The van der Waals surface area contributed by atoms with Crippen LogP contribution in [0.15, 0.2) is 31.0 Å². The van der Waals surface area contributed by atoms with Crippen molar-refractivity contribution in [1.29, 1.82) is 0 Å². The van der Waals surface area contributed by atoms with Crippen LogP contribution in [0.2, 0.25) is 0 Å². The maximum Gasteiger partial charge on any atom is 0.356 e. The van der Waals surface area contributed by atoms with Crippen LogP contribution in [0.4, 0.5) is 5.69 Å². The van der Waals surface area contributed by atoms with Gasteiger partial charge in [-0.3, -0.25) is 9.59 Å². The number of carbonyl (C=O) groups is 3.